The summed E-state index contributed by atoms with van der Waals surface area (Å²) in [6.07, 6.45) is 12.1. The Morgan fingerprint density at radius 2 is 1.76 bits per heavy atom. The molecular weight excluding hydrogens is 639 g/mol. The van der Waals surface area contributed by atoms with E-state index < -0.39 is 0 Å². The van der Waals surface area contributed by atoms with Gasteiger partial charge in [0.15, 0.2) is 0 Å². The van der Waals surface area contributed by atoms with Gasteiger partial charge >= 0.3 is 0 Å². The van der Waals surface area contributed by atoms with Gasteiger partial charge in [-0.3, -0.25) is 0 Å². The van der Waals surface area contributed by atoms with Gasteiger partial charge in [-0.1, -0.05) is 29.8 Å². The van der Waals surface area contributed by atoms with E-state index in [0.29, 0.717) is 11.5 Å². The summed E-state index contributed by atoms with van der Waals surface area (Å²) in [6.45, 7) is 4.10. The molecule has 0 N–H and O–H groups in total. The van der Waals surface area contributed by atoms with Crippen molar-refractivity contribution in [3.63, 3.8) is 0 Å². The van der Waals surface area contributed by atoms with E-state index in [1.807, 2.05) is 72.5 Å². The van der Waals surface area contributed by atoms with E-state index in [-0.39, 0.29) is 21.1 Å². The number of benzene rings is 3. The van der Waals surface area contributed by atoms with Crippen molar-refractivity contribution in [3.05, 3.63) is 134 Å². The van der Waals surface area contributed by atoms with E-state index in [1.54, 1.807) is 0 Å². The SMILES string of the molecule is Cc1ccnc(-n2c3[c-]c(Oc4[c-]c(N5C=C6C=CC=CN6[CH-]5)ccc4)ccc3c3ccccc32)c1.[Pt]. The number of hydrogen-bond acceptors (Lipinski definition) is 4. The number of pyridine rings is 1. The normalized spacial score (nSPS) is 14.1. The van der Waals surface area contributed by atoms with Gasteiger partial charge in [0, 0.05) is 50.0 Å². The van der Waals surface area contributed by atoms with Gasteiger partial charge in [0.25, 0.3) is 0 Å². The van der Waals surface area contributed by atoms with E-state index in [1.165, 1.54) is 0 Å². The van der Waals surface area contributed by atoms with Crippen molar-refractivity contribution < 1.29 is 25.8 Å². The standard InChI is InChI=1S/C31H21N4O.Pt/c1-22-14-15-32-31(17-22)35-29-11-3-2-10-27(29)28-13-12-26(19-30(28)35)36-25-9-6-8-23(18-25)34-20-24-7-4-5-16-33(24)21-34;/h2-17,20-21H,1H3;/q-3;. The Hall–Kier alpha value is -4.08. The van der Waals surface area contributed by atoms with Crippen molar-refractivity contribution >= 4 is 27.5 Å². The molecule has 7 rings (SSSR count). The van der Waals surface area contributed by atoms with Gasteiger partial charge in [0.05, 0.1) is 0 Å². The molecule has 0 bridgehead atoms. The first-order chi connectivity index (χ1) is 17.7. The number of allylic oxidation sites excluding steroid dienone is 3. The minimum Gasteiger partial charge on any atom is -0.509 e. The Morgan fingerprint density at radius 3 is 2.65 bits per heavy atom. The summed E-state index contributed by atoms with van der Waals surface area (Å²) >= 11 is 0. The maximum absolute atomic E-state index is 6.27. The summed E-state index contributed by atoms with van der Waals surface area (Å²) in [7, 11) is 0. The molecule has 5 nitrogen and oxygen atoms in total. The predicted molar refractivity (Wildman–Crippen MR) is 142 cm³/mol. The maximum atomic E-state index is 6.27. The molecule has 3 aromatic carbocycles. The molecule has 0 fully saturated rings. The van der Waals surface area contributed by atoms with Crippen LogP contribution in [0.1, 0.15) is 5.56 Å². The number of nitrogens with zero attached hydrogens (tertiary/aromatic N) is 4. The van der Waals surface area contributed by atoms with Crippen LogP contribution in [0.3, 0.4) is 0 Å². The Kier molecular flexibility index (Phi) is 5.94. The van der Waals surface area contributed by atoms with Gasteiger partial charge in [-0.2, -0.15) is 12.1 Å². The third-order valence-electron chi connectivity index (χ3n) is 6.38. The molecular formula is C31H21N4OPt-3. The fourth-order valence-corrected chi connectivity index (χ4v) is 4.70. The summed E-state index contributed by atoms with van der Waals surface area (Å²) in [5.74, 6) is 2.11. The average Bonchev–Trinajstić information content (AvgIpc) is 3.48. The second-order valence-electron chi connectivity index (χ2n) is 8.82. The van der Waals surface area contributed by atoms with Crippen molar-refractivity contribution in [2.24, 2.45) is 0 Å². The smallest absolute Gasteiger partial charge is 0.135 e. The first-order valence-corrected chi connectivity index (χ1v) is 11.8. The van der Waals surface area contributed by atoms with Crippen LogP contribution in [0.5, 0.6) is 11.5 Å². The first kappa shape index (κ1) is 23.3. The van der Waals surface area contributed by atoms with Gasteiger partial charge in [-0.05, 0) is 60.6 Å². The van der Waals surface area contributed by atoms with Crippen molar-refractivity contribution in [1.82, 2.24) is 14.5 Å². The summed E-state index contributed by atoms with van der Waals surface area (Å²) in [5.41, 5.74) is 5.17. The zero-order valence-electron chi connectivity index (χ0n) is 19.9. The molecule has 6 heteroatoms. The summed E-state index contributed by atoms with van der Waals surface area (Å²) in [6, 6.07) is 29.3. The second-order valence-corrected chi connectivity index (χ2v) is 8.82. The minimum atomic E-state index is 0. The van der Waals surface area contributed by atoms with Gasteiger partial charge in [0.1, 0.15) is 5.82 Å². The molecule has 184 valence electrons. The number of ether oxygens (including phenoxy) is 1. The topological polar surface area (TPSA) is 33.5 Å². The zero-order chi connectivity index (χ0) is 24.1. The molecule has 0 saturated carbocycles. The van der Waals surface area contributed by atoms with Gasteiger partial charge in [-0.25, -0.2) is 4.98 Å². The third-order valence-corrected chi connectivity index (χ3v) is 6.38. The molecule has 0 saturated heterocycles. The van der Waals surface area contributed by atoms with Crippen LogP contribution in [-0.2, 0) is 21.1 Å². The second kappa shape index (κ2) is 9.42. The van der Waals surface area contributed by atoms with E-state index in [0.717, 1.165) is 44.6 Å². The van der Waals surface area contributed by atoms with Gasteiger partial charge in [0.2, 0.25) is 0 Å². The number of aromatic nitrogens is 2. The van der Waals surface area contributed by atoms with Crippen LogP contribution < -0.4 is 9.64 Å². The van der Waals surface area contributed by atoms with Crippen LogP contribution in [0.4, 0.5) is 5.69 Å². The third kappa shape index (κ3) is 4.16. The maximum Gasteiger partial charge on any atom is 0.135 e. The number of aryl methyl sites for hydroxylation is 1. The number of fused-ring (bicyclic) bond motifs is 4. The molecule has 0 aliphatic carbocycles. The molecule has 0 unspecified atom stereocenters. The van der Waals surface area contributed by atoms with Crippen molar-refractivity contribution in [2.45, 2.75) is 6.92 Å². The molecule has 2 aliphatic heterocycles. The number of hydrogen-bond donors (Lipinski definition) is 0. The van der Waals surface area contributed by atoms with E-state index >= 15 is 0 Å². The van der Waals surface area contributed by atoms with Crippen molar-refractivity contribution in [2.75, 3.05) is 4.90 Å². The molecule has 0 spiro atoms. The minimum absolute atomic E-state index is 0. The molecule has 0 atom stereocenters. The Balaban J connectivity index is 0.00000252. The fourth-order valence-electron chi connectivity index (χ4n) is 4.70. The largest absolute Gasteiger partial charge is 0.509 e. The summed E-state index contributed by atoms with van der Waals surface area (Å²) in [5, 5.41) is 2.26. The van der Waals surface area contributed by atoms with E-state index in [9.17, 15) is 0 Å². The van der Waals surface area contributed by atoms with Crippen LogP contribution >= 0.6 is 0 Å². The molecule has 4 heterocycles. The molecule has 2 aromatic heterocycles. The number of rotatable bonds is 4. The Bertz CT molecular complexity index is 1730. The van der Waals surface area contributed by atoms with Crippen LogP contribution in [-0.4, -0.2) is 14.5 Å². The monoisotopic (exact) mass is 660 g/mol. The van der Waals surface area contributed by atoms with Crippen LogP contribution in [0, 0.1) is 25.7 Å². The van der Waals surface area contributed by atoms with E-state index in [2.05, 4.69) is 76.1 Å². The summed E-state index contributed by atoms with van der Waals surface area (Å²) in [4.78, 5) is 8.76. The quantitative estimate of drug-likeness (QED) is 0.194. The summed E-state index contributed by atoms with van der Waals surface area (Å²) < 4.78 is 8.41. The van der Waals surface area contributed by atoms with Crippen LogP contribution in [0.25, 0.3) is 27.6 Å². The Labute approximate surface area is 229 Å². The first-order valence-electron chi connectivity index (χ1n) is 11.8. The van der Waals surface area contributed by atoms with Crippen molar-refractivity contribution in [1.29, 1.82) is 0 Å². The molecule has 0 amide bonds. The average molecular weight is 661 g/mol. The van der Waals surface area contributed by atoms with Gasteiger partial charge in [-0.15, -0.1) is 48.1 Å². The van der Waals surface area contributed by atoms with Crippen LogP contribution in [0.15, 0.2) is 109 Å². The molecule has 5 aromatic rings. The van der Waals surface area contributed by atoms with E-state index in [4.69, 9.17) is 4.74 Å². The van der Waals surface area contributed by atoms with Crippen LogP contribution in [0.2, 0.25) is 0 Å². The number of anilines is 1. The van der Waals surface area contributed by atoms with Crippen molar-refractivity contribution in [3.8, 4) is 17.3 Å². The molecule has 0 radical (unpaired) electrons. The fraction of sp³-hybridized carbons (Fsp3) is 0.0323. The zero-order valence-corrected chi connectivity index (χ0v) is 22.2. The molecule has 2 aliphatic rings. The number of para-hydroxylation sites is 1. The Morgan fingerprint density at radius 1 is 0.865 bits per heavy atom. The molecule has 37 heavy (non-hydrogen) atoms. The van der Waals surface area contributed by atoms with Gasteiger partial charge < -0.3 is 19.1 Å². The predicted octanol–water partition coefficient (Wildman–Crippen LogP) is 7.04.